The van der Waals surface area contributed by atoms with Crippen LogP contribution in [0.1, 0.15) is 38.3 Å². The fourth-order valence-corrected chi connectivity index (χ4v) is 2.91. The van der Waals surface area contributed by atoms with E-state index in [1.807, 2.05) is 32.0 Å². The quantitative estimate of drug-likeness (QED) is 0.630. The Hall–Kier alpha value is -2.82. The van der Waals surface area contributed by atoms with E-state index in [-0.39, 0.29) is 17.6 Å². The van der Waals surface area contributed by atoms with Gasteiger partial charge in [-0.2, -0.15) is 0 Å². The topological polar surface area (TPSA) is 75.4 Å². The first-order valence-electron chi connectivity index (χ1n) is 8.90. The van der Waals surface area contributed by atoms with E-state index in [9.17, 15) is 9.90 Å². The molecule has 0 spiro atoms. The molecule has 5 heteroatoms. The molecule has 0 fully saturated rings. The number of carbonyl (C=O) groups excluding carboxylic acids is 1. The number of amides is 1. The van der Waals surface area contributed by atoms with Gasteiger partial charge >= 0.3 is 0 Å². The average Bonchev–Trinajstić information content (AvgIpc) is 2.99. The van der Waals surface area contributed by atoms with E-state index in [1.54, 1.807) is 19.1 Å². The molecule has 0 saturated carbocycles. The van der Waals surface area contributed by atoms with Crippen molar-refractivity contribution in [2.45, 2.75) is 40.5 Å². The number of nitrogens with one attached hydrogen (secondary N) is 1. The third kappa shape index (κ3) is 3.72. The lowest BCUT2D eigenvalue weighted by Gasteiger charge is -2.11. The van der Waals surface area contributed by atoms with E-state index in [0.717, 1.165) is 11.9 Å². The van der Waals surface area contributed by atoms with Gasteiger partial charge in [-0.1, -0.05) is 26.8 Å². The minimum absolute atomic E-state index is 0.0545. The van der Waals surface area contributed by atoms with Crippen LogP contribution >= 0.6 is 0 Å². The zero-order valence-corrected chi connectivity index (χ0v) is 15.6. The van der Waals surface area contributed by atoms with Crippen molar-refractivity contribution in [3.63, 3.8) is 0 Å². The van der Waals surface area contributed by atoms with Gasteiger partial charge in [0.15, 0.2) is 5.58 Å². The van der Waals surface area contributed by atoms with Crippen molar-refractivity contribution >= 4 is 22.7 Å². The number of hydrogen-bond donors (Lipinski definition) is 2. The van der Waals surface area contributed by atoms with Crippen LogP contribution in [0, 0.1) is 12.8 Å². The van der Waals surface area contributed by atoms with Crippen LogP contribution in [0.3, 0.4) is 0 Å². The molecule has 0 radical (unpaired) electrons. The van der Waals surface area contributed by atoms with Crippen LogP contribution in [0.4, 0.5) is 5.69 Å². The average molecular weight is 352 g/mol. The number of aryl methyl sites for hydroxylation is 2. The molecule has 0 aliphatic heterocycles. The van der Waals surface area contributed by atoms with Gasteiger partial charge in [0, 0.05) is 12.1 Å². The number of fused-ring (bicyclic) bond motifs is 1. The highest BCUT2D eigenvalue weighted by Gasteiger charge is 2.16. The number of benzene rings is 2. The molecule has 3 aromatic rings. The Morgan fingerprint density at radius 3 is 2.73 bits per heavy atom. The van der Waals surface area contributed by atoms with Crippen molar-refractivity contribution in [1.82, 2.24) is 4.98 Å². The molecule has 0 unspecified atom stereocenters. The summed E-state index contributed by atoms with van der Waals surface area (Å²) in [5, 5.41) is 13.4. The summed E-state index contributed by atoms with van der Waals surface area (Å²) in [6.45, 7) is 7.86. The molecule has 1 aromatic heterocycles. The lowest BCUT2D eigenvalue weighted by Crippen LogP contribution is -2.14. The van der Waals surface area contributed by atoms with Gasteiger partial charge in [-0.25, -0.2) is 4.98 Å². The van der Waals surface area contributed by atoms with E-state index in [4.69, 9.17) is 4.42 Å². The number of hydrogen-bond acceptors (Lipinski definition) is 4. The molecule has 1 heterocycles. The van der Waals surface area contributed by atoms with Gasteiger partial charge < -0.3 is 14.8 Å². The predicted molar refractivity (Wildman–Crippen MR) is 103 cm³/mol. The Kier molecular flexibility index (Phi) is 4.98. The monoisotopic (exact) mass is 352 g/mol. The third-order valence-electron chi connectivity index (χ3n) is 4.27. The fourth-order valence-electron chi connectivity index (χ4n) is 2.91. The third-order valence-corrected chi connectivity index (χ3v) is 4.27. The van der Waals surface area contributed by atoms with Gasteiger partial charge in [-0.3, -0.25) is 4.79 Å². The Morgan fingerprint density at radius 1 is 1.27 bits per heavy atom. The number of aromatic hydroxyl groups is 1. The molecule has 0 aliphatic rings. The summed E-state index contributed by atoms with van der Waals surface area (Å²) in [7, 11) is 0. The molecule has 0 aliphatic carbocycles. The molecule has 0 atom stereocenters. The van der Waals surface area contributed by atoms with E-state index < -0.39 is 0 Å². The second-order valence-electron chi connectivity index (χ2n) is 7.01. The Bertz CT molecular complexity index is 957. The zero-order valence-electron chi connectivity index (χ0n) is 15.6. The van der Waals surface area contributed by atoms with Crippen molar-refractivity contribution in [3.05, 3.63) is 41.5 Å². The summed E-state index contributed by atoms with van der Waals surface area (Å²) in [5.74, 6) is 0.668. The number of nitrogens with zero attached hydrogens (tertiary/aromatic N) is 1. The van der Waals surface area contributed by atoms with Crippen molar-refractivity contribution in [2.75, 3.05) is 5.32 Å². The van der Waals surface area contributed by atoms with Gasteiger partial charge in [-0.15, -0.1) is 0 Å². The van der Waals surface area contributed by atoms with Crippen LogP contribution < -0.4 is 5.32 Å². The predicted octanol–water partition coefficient (Wildman–Crippen LogP) is 5.06. The Balaban J connectivity index is 2.00. The summed E-state index contributed by atoms with van der Waals surface area (Å²) in [5.41, 5.74) is 4.34. The Labute approximate surface area is 153 Å². The van der Waals surface area contributed by atoms with Crippen LogP contribution in [0.5, 0.6) is 5.75 Å². The number of anilines is 1. The van der Waals surface area contributed by atoms with E-state index in [1.165, 1.54) is 5.56 Å². The lowest BCUT2D eigenvalue weighted by atomic mass is 10.1. The minimum Gasteiger partial charge on any atom is -0.507 e. The van der Waals surface area contributed by atoms with Crippen LogP contribution in [0.25, 0.3) is 22.6 Å². The molecule has 2 N–H and O–H groups in total. The maximum absolute atomic E-state index is 12.1. The number of carbonyl (C=O) groups is 1. The summed E-state index contributed by atoms with van der Waals surface area (Å²) in [4.78, 5) is 16.6. The van der Waals surface area contributed by atoms with Gasteiger partial charge in [-0.05, 0) is 54.7 Å². The van der Waals surface area contributed by atoms with E-state index in [2.05, 4.69) is 17.2 Å². The van der Waals surface area contributed by atoms with Gasteiger partial charge in [0.2, 0.25) is 11.8 Å². The molecule has 2 aromatic carbocycles. The highest BCUT2D eigenvalue weighted by atomic mass is 16.3. The van der Waals surface area contributed by atoms with Crippen molar-refractivity contribution in [2.24, 2.45) is 5.92 Å². The first-order chi connectivity index (χ1) is 12.4. The fraction of sp³-hybridized carbons (Fsp3) is 0.333. The van der Waals surface area contributed by atoms with Crippen LogP contribution in [0.2, 0.25) is 0 Å². The number of aromatic nitrogens is 1. The standard InChI is InChI=1S/C21H24N2O3/c1-5-14-6-7-18-17(10-14)23-21(26-18)16-11-15(9-13(4)20(16)25)22-19(24)8-12(2)3/h6-7,9-12,25H,5,8H2,1-4H3,(H,22,24). The second-order valence-corrected chi connectivity index (χ2v) is 7.01. The number of phenols is 1. The van der Waals surface area contributed by atoms with Crippen LogP contribution in [-0.4, -0.2) is 16.0 Å². The second kappa shape index (κ2) is 7.20. The minimum atomic E-state index is -0.0545. The van der Waals surface area contributed by atoms with E-state index >= 15 is 0 Å². The lowest BCUT2D eigenvalue weighted by molar-refractivity contribution is -0.116. The molecular weight excluding hydrogens is 328 g/mol. The molecule has 26 heavy (non-hydrogen) atoms. The summed E-state index contributed by atoms with van der Waals surface area (Å²) in [6.07, 6.45) is 1.36. The van der Waals surface area contributed by atoms with E-state index in [0.29, 0.717) is 34.7 Å². The van der Waals surface area contributed by atoms with Crippen LogP contribution in [-0.2, 0) is 11.2 Å². The van der Waals surface area contributed by atoms with Crippen molar-refractivity contribution in [1.29, 1.82) is 0 Å². The number of oxazole rings is 1. The molecule has 1 amide bonds. The molecule has 0 saturated heterocycles. The normalized spacial score (nSPS) is 11.3. The summed E-state index contributed by atoms with van der Waals surface area (Å²) in [6, 6.07) is 9.33. The largest absolute Gasteiger partial charge is 0.507 e. The van der Waals surface area contributed by atoms with Crippen molar-refractivity contribution < 1.29 is 14.3 Å². The summed E-state index contributed by atoms with van der Waals surface area (Å²) < 4.78 is 5.83. The van der Waals surface area contributed by atoms with Gasteiger partial charge in [0.25, 0.3) is 0 Å². The van der Waals surface area contributed by atoms with Crippen LogP contribution in [0.15, 0.2) is 34.7 Å². The number of rotatable bonds is 5. The van der Waals surface area contributed by atoms with Crippen molar-refractivity contribution in [3.8, 4) is 17.2 Å². The Morgan fingerprint density at radius 2 is 2.04 bits per heavy atom. The first-order valence-corrected chi connectivity index (χ1v) is 8.90. The van der Waals surface area contributed by atoms with Gasteiger partial charge in [0.1, 0.15) is 11.3 Å². The SMILES string of the molecule is CCc1ccc2oc(-c3cc(NC(=O)CC(C)C)cc(C)c3O)nc2c1. The zero-order chi connectivity index (χ0) is 18.8. The molecular formula is C21H24N2O3. The smallest absolute Gasteiger partial charge is 0.231 e. The molecule has 0 bridgehead atoms. The maximum Gasteiger partial charge on any atom is 0.231 e. The molecule has 5 nitrogen and oxygen atoms in total. The highest BCUT2D eigenvalue weighted by molar-refractivity contribution is 5.92. The maximum atomic E-state index is 12.1. The number of phenolic OH excluding ortho intramolecular Hbond substituents is 1. The molecule has 136 valence electrons. The highest BCUT2D eigenvalue weighted by Crippen LogP contribution is 2.36. The first kappa shape index (κ1) is 18.0. The molecule has 3 rings (SSSR count). The summed E-state index contributed by atoms with van der Waals surface area (Å²) >= 11 is 0. The van der Waals surface area contributed by atoms with Gasteiger partial charge in [0.05, 0.1) is 5.56 Å².